The van der Waals surface area contributed by atoms with Crippen molar-refractivity contribution < 1.29 is 14.3 Å². The van der Waals surface area contributed by atoms with Crippen molar-refractivity contribution >= 4 is 5.91 Å². The van der Waals surface area contributed by atoms with Crippen LogP contribution < -0.4 is 10.1 Å². The Balaban J connectivity index is 2.55. The van der Waals surface area contributed by atoms with Crippen molar-refractivity contribution in [2.75, 3.05) is 20.3 Å². The van der Waals surface area contributed by atoms with Crippen LogP contribution in [0.3, 0.4) is 0 Å². The molecule has 0 aliphatic rings. The largest absolute Gasteiger partial charge is 0.481 e. The number of aryl methyl sites for hydroxylation is 2. The minimum atomic E-state index is -0.512. The second kappa shape index (κ2) is 7.01. The molecule has 1 N–H and O–H groups in total. The SMILES string of the molecule is COCCNC(=O)[C@@H](C)Oc1cc(C)ccc1C. The molecule has 0 saturated heterocycles. The lowest BCUT2D eigenvalue weighted by atomic mass is 10.1. The molecule has 0 aliphatic heterocycles. The summed E-state index contributed by atoms with van der Waals surface area (Å²) in [6, 6.07) is 5.94. The smallest absolute Gasteiger partial charge is 0.260 e. The van der Waals surface area contributed by atoms with E-state index in [1.165, 1.54) is 0 Å². The molecule has 1 amide bonds. The fraction of sp³-hybridized carbons (Fsp3) is 0.500. The molecule has 1 atom stereocenters. The highest BCUT2D eigenvalue weighted by atomic mass is 16.5. The molecular weight excluding hydrogens is 230 g/mol. The summed E-state index contributed by atoms with van der Waals surface area (Å²) in [5.41, 5.74) is 2.14. The van der Waals surface area contributed by atoms with Crippen molar-refractivity contribution in [1.29, 1.82) is 0 Å². The van der Waals surface area contributed by atoms with Gasteiger partial charge in [0.25, 0.3) is 5.91 Å². The maximum atomic E-state index is 11.7. The van der Waals surface area contributed by atoms with Crippen LogP contribution in [0, 0.1) is 13.8 Å². The predicted octanol–water partition coefficient (Wildman–Crippen LogP) is 1.83. The van der Waals surface area contributed by atoms with E-state index >= 15 is 0 Å². The fourth-order valence-electron chi connectivity index (χ4n) is 1.50. The normalized spacial score (nSPS) is 12.0. The van der Waals surface area contributed by atoms with E-state index in [4.69, 9.17) is 9.47 Å². The van der Waals surface area contributed by atoms with Crippen molar-refractivity contribution in [3.05, 3.63) is 29.3 Å². The number of ether oxygens (including phenoxy) is 2. The second-order valence-corrected chi connectivity index (χ2v) is 4.31. The molecule has 0 saturated carbocycles. The highest BCUT2D eigenvalue weighted by Gasteiger charge is 2.14. The van der Waals surface area contributed by atoms with E-state index in [-0.39, 0.29) is 5.91 Å². The number of carbonyl (C=O) groups is 1. The summed E-state index contributed by atoms with van der Waals surface area (Å²) >= 11 is 0. The molecule has 0 aliphatic carbocycles. The molecule has 4 nitrogen and oxygen atoms in total. The lowest BCUT2D eigenvalue weighted by molar-refractivity contribution is -0.127. The van der Waals surface area contributed by atoms with Gasteiger partial charge in [0.15, 0.2) is 6.10 Å². The molecule has 1 rings (SSSR count). The molecule has 100 valence electrons. The highest BCUT2D eigenvalue weighted by Crippen LogP contribution is 2.20. The van der Waals surface area contributed by atoms with Gasteiger partial charge in [0.1, 0.15) is 5.75 Å². The van der Waals surface area contributed by atoms with Gasteiger partial charge >= 0.3 is 0 Å². The average Bonchev–Trinajstić information content (AvgIpc) is 2.34. The third kappa shape index (κ3) is 4.37. The topological polar surface area (TPSA) is 47.6 Å². The zero-order valence-corrected chi connectivity index (χ0v) is 11.4. The third-order valence-corrected chi connectivity index (χ3v) is 2.62. The van der Waals surface area contributed by atoms with Gasteiger partial charge in [-0.15, -0.1) is 0 Å². The van der Waals surface area contributed by atoms with E-state index in [9.17, 15) is 4.79 Å². The Labute approximate surface area is 108 Å². The van der Waals surface area contributed by atoms with Gasteiger partial charge in [0.05, 0.1) is 6.61 Å². The van der Waals surface area contributed by atoms with Gasteiger partial charge in [-0.3, -0.25) is 4.79 Å². The molecule has 0 fully saturated rings. The van der Waals surface area contributed by atoms with Gasteiger partial charge in [0, 0.05) is 13.7 Å². The molecule has 0 bridgehead atoms. The van der Waals surface area contributed by atoms with Crippen molar-refractivity contribution in [2.24, 2.45) is 0 Å². The number of hydrogen-bond donors (Lipinski definition) is 1. The summed E-state index contributed by atoms with van der Waals surface area (Å²) in [4.78, 5) is 11.7. The average molecular weight is 251 g/mol. The van der Waals surface area contributed by atoms with Crippen LogP contribution in [0.15, 0.2) is 18.2 Å². The summed E-state index contributed by atoms with van der Waals surface area (Å²) in [6.07, 6.45) is -0.512. The molecule has 0 radical (unpaired) electrons. The summed E-state index contributed by atoms with van der Waals surface area (Å²) in [5, 5.41) is 2.75. The number of methoxy groups -OCH3 is 1. The van der Waals surface area contributed by atoms with E-state index in [1.807, 2.05) is 32.0 Å². The van der Waals surface area contributed by atoms with Crippen LogP contribution in [0.25, 0.3) is 0 Å². The number of nitrogens with one attached hydrogen (secondary N) is 1. The lowest BCUT2D eigenvalue weighted by Gasteiger charge is -2.16. The number of benzene rings is 1. The summed E-state index contributed by atoms with van der Waals surface area (Å²) in [5.74, 6) is 0.623. The first-order chi connectivity index (χ1) is 8.54. The monoisotopic (exact) mass is 251 g/mol. The van der Waals surface area contributed by atoms with Gasteiger partial charge in [-0.05, 0) is 38.0 Å². The maximum Gasteiger partial charge on any atom is 0.260 e. The Hall–Kier alpha value is -1.55. The van der Waals surface area contributed by atoms with E-state index in [1.54, 1.807) is 14.0 Å². The quantitative estimate of drug-likeness (QED) is 0.785. The van der Waals surface area contributed by atoms with Crippen molar-refractivity contribution in [3.8, 4) is 5.75 Å². The predicted molar refractivity (Wildman–Crippen MR) is 70.9 cm³/mol. The van der Waals surface area contributed by atoms with Gasteiger partial charge in [-0.25, -0.2) is 0 Å². The van der Waals surface area contributed by atoms with Crippen LogP contribution in [0.5, 0.6) is 5.75 Å². The molecular formula is C14H21NO3. The Morgan fingerprint density at radius 3 is 2.78 bits per heavy atom. The first-order valence-electron chi connectivity index (χ1n) is 6.05. The number of carbonyl (C=O) groups excluding carboxylic acids is 1. The minimum Gasteiger partial charge on any atom is -0.481 e. The van der Waals surface area contributed by atoms with E-state index in [0.717, 1.165) is 16.9 Å². The molecule has 0 heterocycles. The van der Waals surface area contributed by atoms with Crippen LogP contribution in [-0.4, -0.2) is 32.3 Å². The number of amides is 1. The molecule has 0 spiro atoms. The van der Waals surface area contributed by atoms with Gasteiger partial charge < -0.3 is 14.8 Å². The Kier molecular flexibility index (Phi) is 5.65. The molecule has 1 aromatic rings. The summed E-state index contributed by atoms with van der Waals surface area (Å²) in [7, 11) is 1.60. The molecule has 1 aromatic carbocycles. The maximum absolute atomic E-state index is 11.7. The van der Waals surface area contributed by atoms with E-state index < -0.39 is 6.10 Å². The van der Waals surface area contributed by atoms with Gasteiger partial charge in [0.2, 0.25) is 0 Å². The molecule has 0 aromatic heterocycles. The Morgan fingerprint density at radius 1 is 1.39 bits per heavy atom. The minimum absolute atomic E-state index is 0.132. The molecule has 18 heavy (non-hydrogen) atoms. The first kappa shape index (κ1) is 14.5. The number of hydrogen-bond acceptors (Lipinski definition) is 3. The second-order valence-electron chi connectivity index (χ2n) is 4.31. The molecule has 0 unspecified atom stereocenters. The van der Waals surface area contributed by atoms with Crippen LogP contribution in [0.2, 0.25) is 0 Å². The van der Waals surface area contributed by atoms with E-state index in [2.05, 4.69) is 5.32 Å². The van der Waals surface area contributed by atoms with Gasteiger partial charge in [-0.2, -0.15) is 0 Å². The molecule has 4 heteroatoms. The number of rotatable bonds is 6. The van der Waals surface area contributed by atoms with Crippen molar-refractivity contribution in [2.45, 2.75) is 26.9 Å². The Bertz CT molecular complexity index is 404. The zero-order valence-electron chi connectivity index (χ0n) is 11.4. The Morgan fingerprint density at radius 2 is 2.11 bits per heavy atom. The fourth-order valence-corrected chi connectivity index (χ4v) is 1.50. The standard InChI is InChI=1S/C14H21NO3/c1-10-5-6-11(2)13(9-10)18-12(3)14(16)15-7-8-17-4/h5-6,9,12H,7-8H2,1-4H3,(H,15,16)/t12-/m1/s1. The first-order valence-corrected chi connectivity index (χ1v) is 6.05. The van der Waals surface area contributed by atoms with Crippen LogP contribution in [0.4, 0.5) is 0 Å². The van der Waals surface area contributed by atoms with E-state index in [0.29, 0.717) is 13.2 Å². The van der Waals surface area contributed by atoms with Gasteiger partial charge in [-0.1, -0.05) is 12.1 Å². The summed E-state index contributed by atoms with van der Waals surface area (Å²) < 4.78 is 10.5. The third-order valence-electron chi connectivity index (χ3n) is 2.62. The van der Waals surface area contributed by atoms with Crippen molar-refractivity contribution in [3.63, 3.8) is 0 Å². The van der Waals surface area contributed by atoms with Crippen LogP contribution in [-0.2, 0) is 9.53 Å². The van der Waals surface area contributed by atoms with Crippen molar-refractivity contribution in [1.82, 2.24) is 5.32 Å². The van der Waals surface area contributed by atoms with Crippen LogP contribution in [0.1, 0.15) is 18.1 Å². The lowest BCUT2D eigenvalue weighted by Crippen LogP contribution is -2.38. The highest BCUT2D eigenvalue weighted by molar-refractivity contribution is 5.80. The summed E-state index contributed by atoms with van der Waals surface area (Å²) in [6.45, 7) is 6.70. The zero-order chi connectivity index (χ0) is 13.5. The van der Waals surface area contributed by atoms with Crippen LogP contribution >= 0.6 is 0 Å².